The topological polar surface area (TPSA) is 34.9 Å². The first-order valence-electron chi connectivity index (χ1n) is 4.48. The van der Waals surface area contributed by atoms with Crippen molar-refractivity contribution in [1.82, 2.24) is 9.78 Å². The molecule has 1 aromatic heterocycles. The minimum atomic E-state index is 0.0584. The standard InChI is InChI=1S/C11H9BrN2O/c1-8(15)9-3-2-4-11(5-9)14-7-10(12)6-13-14/h2-7H,1H3. The summed E-state index contributed by atoms with van der Waals surface area (Å²) < 4.78 is 2.63. The third-order valence-corrected chi connectivity index (χ3v) is 2.48. The van der Waals surface area contributed by atoms with Gasteiger partial charge in [-0.25, -0.2) is 4.68 Å². The number of rotatable bonds is 2. The van der Waals surface area contributed by atoms with Crippen LogP contribution in [0.5, 0.6) is 0 Å². The summed E-state index contributed by atoms with van der Waals surface area (Å²) in [6.45, 7) is 1.55. The number of benzene rings is 1. The van der Waals surface area contributed by atoms with E-state index in [-0.39, 0.29) is 5.78 Å². The normalized spacial score (nSPS) is 10.3. The number of hydrogen-bond acceptors (Lipinski definition) is 2. The first kappa shape index (κ1) is 10.1. The number of Topliss-reactive ketones (excluding diaryl/α,β-unsaturated/α-hetero) is 1. The number of nitrogens with zero attached hydrogens (tertiary/aromatic N) is 2. The molecule has 0 N–H and O–H groups in total. The number of hydrogen-bond donors (Lipinski definition) is 0. The first-order chi connectivity index (χ1) is 7.16. The number of halogens is 1. The molecule has 0 aliphatic heterocycles. The largest absolute Gasteiger partial charge is 0.295 e. The average Bonchev–Trinajstić information content (AvgIpc) is 2.65. The van der Waals surface area contributed by atoms with Crippen molar-refractivity contribution >= 4 is 21.7 Å². The van der Waals surface area contributed by atoms with Gasteiger partial charge in [-0.3, -0.25) is 4.79 Å². The van der Waals surface area contributed by atoms with Crippen molar-refractivity contribution in [2.45, 2.75) is 6.92 Å². The van der Waals surface area contributed by atoms with Gasteiger partial charge in [-0.1, -0.05) is 12.1 Å². The van der Waals surface area contributed by atoms with Crippen LogP contribution in [0.3, 0.4) is 0 Å². The Balaban J connectivity index is 2.45. The van der Waals surface area contributed by atoms with Gasteiger partial charge in [-0.15, -0.1) is 0 Å². The van der Waals surface area contributed by atoms with Crippen LogP contribution in [0.2, 0.25) is 0 Å². The summed E-state index contributed by atoms with van der Waals surface area (Å²) in [4.78, 5) is 11.2. The van der Waals surface area contributed by atoms with Crippen molar-refractivity contribution in [2.24, 2.45) is 0 Å². The van der Waals surface area contributed by atoms with Crippen LogP contribution in [-0.2, 0) is 0 Å². The third-order valence-electron chi connectivity index (χ3n) is 2.07. The molecule has 0 radical (unpaired) electrons. The average molecular weight is 265 g/mol. The molecule has 0 fully saturated rings. The van der Waals surface area contributed by atoms with E-state index in [1.54, 1.807) is 23.9 Å². The lowest BCUT2D eigenvalue weighted by Crippen LogP contribution is -1.97. The van der Waals surface area contributed by atoms with Gasteiger partial charge in [0.25, 0.3) is 0 Å². The highest BCUT2D eigenvalue weighted by Crippen LogP contribution is 2.14. The van der Waals surface area contributed by atoms with E-state index in [4.69, 9.17) is 0 Å². The molecule has 2 aromatic rings. The zero-order chi connectivity index (χ0) is 10.8. The predicted octanol–water partition coefficient (Wildman–Crippen LogP) is 2.84. The molecule has 4 heteroatoms. The summed E-state index contributed by atoms with van der Waals surface area (Å²) >= 11 is 3.33. The van der Waals surface area contributed by atoms with Crippen LogP contribution >= 0.6 is 15.9 Å². The molecule has 0 bridgehead atoms. The fourth-order valence-electron chi connectivity index (χ4n) is 1.31. The predicted molar refractivity (Wildman–Crippen MR) is 61.3 cm³/mol. The maximum absolute atomic E-state index is 11.2. The van der Waals surface area contributed by atoms with Crippen LogP contribution in [0.1, 0.15) is 17.3 Å². The first-order valence-corrected chi connectivity index (χ1v) is 5.27. The number of carbonyl (C=O) groups is 1. The fourth-order valence-corrected chi connectivity index (χ4v) is 1.59. The quantitative estimate of drug-likeness (QED) is 0.782. The van der Waals surface area contributed by atoms with Crippen molar-refractivity contribution in [1.29, 1.82) is 0 Å². The van der Waals surface area contributed by atoms with Gasteiger partial charge in [0.1, 0.15) is 0 Å². The van der Waals surface area contributed by atoms with Crippen molar-refractivity contribution in [3.05, 3.63) is 46.7 Å². The highest BCUT2D eigenvalue weighted by molar-refractivity contribution is 9.10. The van der Waals surface area contributed by atoms with Crippen molar-refractivity contribution < 1.29 is 4.79 Å². The minimum Gasteiger partial charge on any atom is -0.295 e. The van der Waals surface area contributed by atoms with E-state index >= 15 is 0 Å². The Labute approximate surface area is 95.9 Å². The van der Waals surface area contributed by atoms with Gasteiger partial charge in [0.15, 0.2) is 5.78 Å². The second-order valence-electron chi connectivity index (χ2n) is 3.21. The Bertz CT molecular complexity index is 505. The smallest absolute Gasteiger partial charge is 0.159 e. The third kappa shape index (κ3) is 2.15. The molecule has 2 rings (SSSR count). The zero-order valence-electron chi connectivity index (χ0n) is 8.14. The number of ketones is 1. The maximum atomic E-state index is 11.2. The van der Waals surface area contributed by atoms with Gasteiger partial charge in [0.05, 0.1) is 16.4 Å². The molecular weight excluding hydrogens is 256 g/mol. The molecule has 0 aliphatic carbocycles. The Kier molecular flexibility index (Phi) is 2.68. The summed E-state index contributed by atoms with van der Waals surface area (Å²) in [7, 11) is 0. The second kappa shape index (κ2) is 3.98. The van der Waals surface area contributed by atoms with Crippen LogP contribution in [0.25, 0.3) is 5.69 Å². The van der Waals surface area contributed by atoms with E-state index < -0.39 is 0 Å². The van der Waals surface area contributed by atoms with Gasteiger partial charge < -0.3 is 0 Å². The van der Waals surface area contributed by atoms with Crippen molar-refractivity contribution in [3.63, 3.8) is 0 Å². The van der Waals surface area contributed by atoms with Crippen LogP contribution in [0, 0.1) is 0 Å². The molecule has 0 saturated heterocycles. The van der Waals surface area contributed by atoms with Crippen LogP contribution in [-0.4, -0.2) is 15.6 Å². The van der Waals surface area contributed by atoms with Gasteiger partial charge in [-0.2, -0.15) is 5.10 Å². The van der Waals surface area contributed by atoms with E-state index in [1.165, 1.54) is 0 Å². The summed E-state index contributed by atoms with van der Waals surface area (Å²) in [5.41, 5.74) is 1.58. The molecule has 15 heavy (non-hydrogen) atoms. The van der Waals surface area contributed by atoms with Gasteiger partial charge >= 0.3 is 0 Å². The van der Waals surface area contributed by atoms with E-state index in [0.717, 1.165) is 10.2 Å². The molecule has 3 nitrogen and oxygen atoms in total. The molecule has 0 saturated carbocycles. The van der Waals surface area contributed by atoms with E-state index in [9.17, 15) is 4.79 Å². The molecule has 1 aromatic carbocycles. The summed E-state index contributed by atoms with van der Waals surface area (Å²) in [6, 6.07) is 7.37. The second-order valence-corrected chi connectivity index (χ2v) is 4.13. The molecule has 0 atom stereocenters. The lowest BCUT2D eigenvalue weighted by molar-refractivity contribution is 0.101. The SMILES string of the molecule is CC(=O)c1cccc(-n2cc(Br)cn2)c1. The highest BCUT2D eigenvalue weighted by Gasteiger charge is 2.02. The van der Waals surface area contributed by atoms with E-state index in [0.29, 0.717) is 5.56 Å². The Hall–Kier alpha value is -1.42. The minimum absolute atomic E-state index is 0.0584. The summed E-state index contributed by atoms with van der Waals surface area (Å²) in [5, 5.41) is 4.14. The number of aromatic nitrogens is 2. The Morgan fingerprint density at radius 2 is 2.27 bits per heavy atom. The van der Waals surface area contributed by atoms with Gasteiger partial charge in [0, 0.05) is 11.8 Å². The Morgan fingerprint density at radius 3 is 2.87 bits per heavy atom. The molecule has 0 spiro atoms. The van der Waals surface area contributed by atoms with Crippen LogP contribution in [0.15, 0.2) is 41.1 Å². The van der Waals surface area contributed by atoms with Gasteiger partial charge in [0.2, 0.25) is 0 Å². The molecular formula is C11H9BrN2O. The molecule has 0 aliphatic rings. The van der Waals surface area contributed by atoms with Crippen LogP contribution < -0.4 is 0 Å². The molecule has 0 unspecified atom stereocenters. The maximum Gasteiger partial charge on any atom is 0.159 e. The van der Waals surface area contributed by atoms with E-state index in [2.05, 4.69) is 21.0 Å². The van der Waals surface area contributed by atoms with Crippen molar-refractivity contribution in [2.75, 3.05) is 0 Å². The van der Waals surface area contributed by atoms with E-state index in [1.807, 2.05) is 24.4 Å². The lowest BCUT2D eigenvalue weighted by atomic mass is 10.1. The summed E-state index contributed by atoms with van der Waals surface area (Å²) in [5.74, 6) is 0.0584. The highest BCUT2D eigenvalue weighted by atomic mass is 79.9. The zero-order valence-corrected chi connectivity index (χ0v) is 9.73. The Morgan fingerprint density at radius 1 is 1.47 bits per heavy atom. The van der Waals surface area contributed by atoms with Crippen molar-refractivity contribution in [3.8, 4) is 5.69 Å². The van der Waals surface area contributed by atoms with Crippen LogP contribution in [0.4, 0.5) is 0 Å². The molecule has 76 valence electrons. The molecule has 1 heterocycles. The monoisotopic (exact) mass is 264 g/mol. The van der Waals surface area contributed by atoms with Gasteiger partial charge in [-0.05, 0) is 35.0 Å². The lowest BCUT2D eigenvalue weighted by Gasteiger charge is -2.02. The summed E-state index contributed by atoms with van der Waals surface area (Å²) in [6.07, 6.45) is 3.56. The molecule has 0 amide bonds. The number of carbonyl (C=O) groups excluding carboxylic acids is 1. The fraction of sp³-hybridized carbons (Fsp3) is 0.0909.